The average molecular weight is 264 g/mol. The molecule has 3 rings (SSSR count). The maximum Gasteiger partial charge on any atom is 0.293 e. The van der Waals surface area contributed by atoms with Gasteiger partial charge in [0.25, 0.3) is 5.91 Å². The van der Waals surface area contributed by atoms with Crippen molar-refractivity contribution in [2.45, 2.75) is 0 Å². The lowest BCUT2D eigenvalue weighted by atomic mass is 10.4. The second-order valence-electron chi connectivity index (χ2n) is 3.37. The maximum absolute atomic E-state index is 11.7. The van der Waals surface area contributed by atoms with E-state index in [1.54, 1.807) is 6.07 Å². The lowest BCUT2D eigenvalue weighted by molar-refractivity contribution is 0.0996. The molecule has 0 atom stereocenters. The molecule has 0 saturated heterocycles. The molecule has 3 aromatic heterocycles. The molecule has 0 radical (unpaired) electrons. The Morgan fingerprint density at radius 2 is 2.33 bits per heavy atom. The van der Waals surface area contributed by atoms with Gasteiger partial charge in [0, 0.05) is 0 Å². The smallest absolute Gasteiger partial charge is 0.293 e. The number of fused-ring (bicyclic) bond motifs is 1. The summed E-state index contributed by atoms with van der Waals surface area (Å²) in [5.41, 5.74) is 0.900. The molecule has 0 bridgehead atoms. The molecule has 0 aliphatic carbocycles. The zero-order chi connectivity index (χ0) is 12.5. The van der Waals surface area contributed by atoms with Crippen molar-refractivity contribution in [3.8, 4) is 0 Å². The first-order valence-electron chi connectivity index (χ1n) is 4.95. The molecule has 18 heavy (non-hydrogen) atoms. The van der Waals surface area contributed by atoms with Crippen LogP contribution < -0.4 is 5.32 Å². The number of rotatable bonds is 2. The predicted octanol–water partition coefficient (Wildman–Crippen LogP) is 1.85. The summed E-state index contributed by atoms with van der Waals surface area (Å²) in [4.78, 5) is 26.4. The largest absolute Gasteiger partial charge is 0.459 e. The van der Waals surface area contributed by atoms with E-state index in [0.717, 1.165) is 0 Å². The molecular formula is C10H6ClN5O2. The first kappa shape index (κ1) is 10.7. The Bertz CT molecular complexity index is 706. The number of anilines is 1. The third-order valence-corrected chi connectivity index (χ3v) is 2.49. The number of imidazole rings is 1. The van der Waals surface area contributed by atoms with Crippen LogP contribution in [0.5, 0.6) is 0 Å². The fourth-order valence-electron chi connectivity index (χ4n) is 1.42. The van der Waals surface area contributed by atoms with E-state index in [-0.39, 0.29) is 16.9 Å². The number of nitrogens with one attached hydrogen (secondary N) is 2. The van der Waals surface area contributed by atoms with Crippen molar-refractivity contribution in [3.05, 3.63) is 35.6 Å². The fraction of sp³-hybridized carbons (Fsp3) is 0. The second kappa shape index (κ2) is 4.11. The summed E-state index contributed by atoms with van der Waals surface area (Å²) in [6.07, 6.45) is 2.85. The molecule has 3 aromatic rings. The van der Waals surface area contributed by atoms with E-state index in [1.165, 1.54) is 18.7 Å². The van der Waals surface area contributed by atoms with E-state index in [9.17, 15) is 4.79 Å². The molecule has 0 saturated carbocycles. The number of nitrogens with zero attached hydrogens (tertiary/aromatic N) is 3. The number of hydrogen-bond donors (Lipinski definition) is 2. The molecule has 3 heterocycles. The molecule has 90 valence electrons. The first-order valence-corrected chi connectivity index (χ1v) is 5.33. The van der Waals surface area contributed by atoms with Crippen LogP contribution in [0.2, 0.25) is 5.15 Å². The van der Waals surface area contributed by atoms with Crippen molar-refractivity contribution in [1.29, 1.82) is 0 Å². The van der Waals surface area contributed by atoms with Crippen LogP contribution in [0.3, 0.4) is 0 Å². The Labute approximate surface area is 105 Å². The number of carbonyl (C=O) groups is 1. The van der Waals surface area contributed by atoms with E-state index in [0.29, 0.717) is 11.2 Å². The standard InChI is InChI=1S/C10H6ClN5O2/c11-7-6-8(13-4-12-6)15-10(14-7)16-9(17)5-2-1-3-18-5/h1-4H,(H2,12,13,14,15,16,17). The number of carbonyl (C=O) groups excluding carboxylic acids is 1. The average Bonchev–Trinajstić information content (AvgIpc) is 2.99. The van der Waals surface area contributed by atoms with Crippen LogP contribution in [-0.2, 0) is 0 Å². The Balaban J connectivity index is 1.93. The van der Waals surface area contributed by atoms with Crippen molar-refractivity contribution < 1.29 is 9.21 Å². The number of hydrogen-bond acceptors (Lipinski definition) is 5. The molecule has 0 aliphatic rings. The van der Waals surface area contributed by atoms with Gasteiger partial charge in [-0.1, -0.05) is 11.6 Å². The van der Waals surface area contributed by atoms with Gasteiger partial charge in [-0.15, -0.1) is 0 Å². The summed E-state index contributed by atoms with van der Waals surface area (Å²) >= 11 is 5.91. The lowest BCUT2D eigenvalue weighted by Gasteiger charge is -2.01. The van der Waals surface area contributed by atoms with Gasteiger partial charge in [0.2, 0.25) is 5.95 Å². The summed E-state index contributed by atoms with van der Waals surface area (Å²) < 4.78 is 4.95. The highest BCUT2D eigenvalue weighted by molar-refractivity contribution is 6.33. The third-order valence-electron chi connectivity index (χ3n) is 2.21. The molecule has 0 unspecified atom stereocenters. The molecule has 0 aromatic carbocycles. The second-order valence-corrected chi connectivity index (χ2v) is 3.73. The van der Waals surface area contributed by atoms with Crippen LogP contribution in [0, 0.1) is 0 Å². The minimum absolute atomic E-state index is 0.0704. The Morgan fingerprint density at radius 1 is 1.44 bits per heavy atom. The van der Waals surface area contributed by atoms with Gasteiger partial charge in [-0.25, -0.2) is 4.98 Å². The van der Waals surface area contributed by atoms with Crippen LogP contribution in [0.15, 0.2) is 29.1 Å². The highest BCUT2D eigenvalue weighted by atomic mass is 35.5. The van der Waals surface area contributed by atoms with Crippen LogP contribution in [0.25, 0.3) is 11.2 Å². The van der Waals surface area contributed by atoms with Gasteiger partial charge in [-0.3, -0.25) is 10.1 Å². The predicted molar refractivity (Wildman–Crippen MR) is 63.4 cm³/mol. The minimum Gasteiger partial charge on any atom is -0.459 e. The van der Waals surface area contributed by atoms with Crippen molar-refractivity contribution >= 4 is 34.6 Å². The zero-order valence-electron chi connectivity index (χ0n) is 8.85. The third kappa shape index (κ3) is 1.80. The molecule has 8 heteroatoms. The summed E-state index contributed by atoms with van der Waals surface area (Å²) in [7, 11) is 0. The van der Waals surface area contributed by atoms with Crippen LogP contribution in [-0.4, -0.2) is 25.8 Å². The van der Waals surface area contributed by atoms with E-state index in [4.69, 9.17) is 16.0 Å². The monoisotopic (exact) mass is 263 g/mol. The lowest BCUT2D eigenvalue weighted by Crippen LogP contribution is -2.13. The van der Waals surface area contributed by atoms with Gasteiger partial charge in [0.05, 0.1) is 12.6 Å². The van der Waals surface area contributed by atoms with Gasteiger partial charge in [-0.05, 0) is 12.1 Å². The molecule has 0 aliphatic heterocycles. The Kier molecular flexibility index (Phi) is 2.45. The topological polar surface area (TPSA) is 96.7 Å². The molecule has 2 N–H and O–H groups in total. The van der Waals surface area contributed by atoms with E-state index in [2.05, 4.69) is 25.3 Å². The van der Waals surface area contributed by atoms with E-state index < -0.39 is 5.91 Å². The zero-order valence-corrected chi connectivity index (χ0v) is 9.60. The molecule has 7 nitrogen and oxygen atoms in total. The Hall–Kier alpha value is -2.41. The minimum atomic E-state index is -0.453. The van der Waals surface area contributed by atoms with Gasteiger partial charge in [0.15, 0.2) is 16.6 Å². The highest BCUT2D eigenvalue weighted by Gasteiger charge is 2.13. The summed E-state index contributed by atoms with van der Waals surface area (Å²) in [5.74, 6) is -0.219. The Morgan fingerprint density at radius 3 is 3.11 bits per heavy atom. The van der Waals surface area contributed by atoms with Crippen molar-refractivity contribution in [3.63, 3.8) is 0 Å². The number of H-pyrrole nitrogens is 1. The van der Waals surface area contributed by atoms with E-state index >= 15 is 0 Å². The number of aromatic amines is 1. The molecule has 0 spiro atoms. The summed E-state index contributed by atoms with van der Waals surface area (Å²) in [6.45, 7) is 0. The van der Waals surface area contributed by atoms with Crippen molar-refractivity contribution in [2.24, 2.45) is 0 Å². The highest BCUT2D eigenvalue weighted by Crippen LogP contribution is 2.18. The number of amides is 1. The van der Waals surface area contributed by atoms with Gasteiger partial charge in [0.1, 0.15) is 5.52 Å². The SMILES string of the molecule is O=C(Nc1nc(Cl)c2[nH]cnc2n1)c1ccco1. The summed E-state index contributed by atoms with van der Waals surface area (Å²) in [6, 6.07) is 3.14. The van der Waals surface area contributed by atoms with Gasteiger partial charge >= 0.3 is 0 Å². The van der Waals surface area contributed by atoms with Crippen LogP contribution in [0.4, 0.5) is 5.95 Å². The molecule has 0 fully saturated rings. The maximum atomic E-state index is 11.7. The number of aromatic nitrogens is 4. The van der Waals surface area contributed by atoms with Crippen LogP contribution >= 0.6 is 11.6 Å². The number of halogens is 1. The van der Waals surface area contributed by atoms with Crippen LogP contribution in [0.1, 0.15) is 10.6 Å². The van der Waals surface area contributed by atoms with Crippen molar-refractivity contribution in [2.75, 3.05) is 5.32 Å². The van der Waals surface area contributed by atoms with Crippen molar-refractivity contribution in [1.82, 2.24) is 19.9 Å². The first-order chi connectivity index (χ1) is 8.74. The molecule has 1 amide bonds. The normalized spacial score (nSPS) is 10.7. The van der Waals surface area contributed by atoms with E-state index in [1.807, 2.05) is 0 Å². The van der Waals surface area contributed by atoms with Gasteiger partial charge < -0.3 is 9.40 Å². The molecular weight excluding hydrogens is 258 g/mol. The summed E-state index contributed by atoms with van der Waals surface area (Å²) in [5, 5.41) is 2.66. The quantitative estimate of drug-likeness (QED) is 0.688. The fourth-order valence-corrected chi connectivity index (χ4v) is 1.64. The van der Waals surface area contributed by atoms with Gasteiger partial charge in [-0.2, -0.15) is 9.97 Å². The number of furan rings is 1.